The Bertz CT molecular complexity index is 350. The summed E-state index contributed by atoms with van der Waals surface area (Å²) in [5.74, 6) is 0. The highest BCUT2D eigenvalue weighted by molar-refractivity contribution is 5.74. The Labute approximate surface area is 79.5 Å². The highest BCUT2D eigenvalue weighted by atomic mass is 14.8. The normalized spacial score (nSPS) is 14.2. The molecule has 1 aromatic carbocycles. The summed E-state index contributed by atoms with van der Waals surface area (Å²) in [4.78, 5) is 0. The van der Waals surface area contributed by atoms with Gasteiger partial charge in [-0.05, 0) is 37.1 Å². The summed E-state index contributed by atoms with van der Waals surface area (Å²) in [7, 11) is 1.99. The largest absolute Gasteiger partial charge is 0.316 e. The van der Waals surface area contributed by atoms with Crippen molar-refractivity contribution in [3.8, 4) is 0 Å². The molecule has 68 valence electrons. The lowest BCUT2D eigenvalue weighted by atomic mass is 10.0. The molecule has 1 heteroatoms. The van der Waals surface area contributed by atoms with Crippen molar-refractivity contribution in [3.63, 3.8) is 0 Å². The summed E-state index contributed by atoms with van der Waals surface area (Å²) in [5.41, 5.74) is 5.70. The highest BCUT2D eigenvalue weighted by Gasteiger charge is 2.12. The minimum Gasteiger partial charge on any atom is -0.316 e. The Morgan fingerprint density at radius 1 is 1.38 bits per heavy atom. The lowest BCUT2D eigenvalue weighted by molar-refractivity contribution is 0.932. The summed E-state index contributed by atoms with van der Waals surface area (Å²) in [6, 6.07) is 6.71. The van der Waals surface area contributed by atoms with Crippen molar-refractivity contribution in [1.82, 2.24) is 5.32 Å². The van der Waals surface area contributed by atoms with E-state index >= 15 is 0 Å². The van der Waals surface area contributed by atoms with Gasteiger partial charge in [-0.1, -0.05) is 29.8 Å². The predicted molar refractivity (Wildman–Crippen MR) is 56.8 cm³/mol. The van der Waals surface area contributed by atoms with E-state index in [1.54, 1.807) is 0 Å². The highest BCUT2D eigenvalue weighted by Crippen LogP contribution is 2.27. The van der Waals surface area contributed by atoms with Gasteiger partial charge in [-0.2, -0.15) is 0 Å². The molecule has 0 amide bonds. The molecule has 0 heterocycles. The smallest absolute Gasteiger partial charge is 0.0205 e. The van der Waals surface area contributed by atoms with Gasteiger partial charge in [0.1, 0.15) is 0 Å². The van der Waals surface area contributed by atoms with Crippen LogP contribution in [0.1, 0.15) is 16.7 Å². The number of nitrogens with one attached hydrogen (secondary N) is 1. The van der Waals surface area contributed by atoms with Crippen molar-refractivity contribution in [2.45, 2.75) is 13.3 Å². The fourth-order valence-corrected chi connectivity index (χ4v) is 1.87. The van der Waals surface area contributed by atoms with Crippen molar-refractivity contribution < 1.29 is 0 Å². The summed E-state index contributed by atoms with van der Waals surface area (Å²) in [5, 5.41) is 3.20. The fraction of sp³-hybridized carbons (Fsp3) is 0.333. The third-order valence-corrected chi connectivity index (χ3v) is 2.55. The number of fused-ring (bicyclic) bond motifs is 1. The molecule has 0 aliphatic heterocycles. The summed E-state index contributed by atoms with van der Waals surface area (Å²) >= 11 is 0. The number of rotatable bonds is 2. The zero-order valence-corrected chi connectivity index (χ0v) is 8.22. The van der Waals surface area contributed by atoms with E-state index < -0.39 is 0 Å². The van der Waals surface area contributed by atoms with Crippen LogP contribution >= 0.6 is 0 Å². The first kappa shape index (κ1) is 8.52. The zero-order chi connectivity index (χ0) is 9.26. The molecule has 0 atom stereocenters. The third-order valence-electron chi connectivity index (χ3n) is 2.55. The fourth-order valence-electron chi connectivity index (χ4n) is 1.87. The molecule has 0 spiro atoms. The van der Waals surface area contributed by atoms with Crippen molar-refractivity contribution in [2.24, 2.45) is 0 Å². The standard InChI is InChI=1S/C12H15N/c1-9-3-4-10-5-6-11(8-13-2)12(10)7-9/h3-4,6-7,13H,5,8H2,1-2H3. The van der Waals surface area contributed by atoms with Gasteiger partial charge in [0.2, 0.25) is 0 Å². The van der Waals surface area contributed by atoms with Crippen LogP contribution in [-0.2, 0) is 6.42 Å². The van der Waals surface area contributed by atoms with Gasteiger partial charge in [-0.15, -0.1) is 0 Å². The van der Waals surface area contributed by atoms with Gasteiger partial charge in [0.15, 0.2) is 0 Å². The molecule has 0 saturated heterocycles. The SMILES string of the molecule is CNCC1=CCc2ccc(C)cc21. The van der Waals surface area contributed by atoms with Crippen LogP contribution in [0, 0.1) is 6.92 Å². The van der Waals surface area contributed by atoms with Crippen molar-refractivity contribution >= 4 is 5.57 Å². The molecule has 2 rings (SSSR count). The average molecular weight is 173 g/mol. The van der Waals surface area contributed by atoms with Gasteiger partial charge in [-0.3, -0.25) is 0 Å². The van der Waals surface area contributed by atoms with Gasteiger partial charge >= 0.3 is 0 Å². The quantitative estimate of drug-likeness (QED) is 0.722. The number of hydrogen-bond acceptors (Lipinski definition) is 1. The maximum Gasteiger partial charge on any atom is 0.0205 e. The molecule has 0 radical (unpaired) electrons. The van der Waals surface area contributed by atoms with E-state index in [9.17, 15) is 0 Å². The Balaban J connectivity index is 2.36. The van der Waals surface area contributed by atoms with Crippen LogP contribution in [0.15, 0.2) is 24.3 Å². The summed E-state index contributed by atoms with van der Waals surface area (Å²) in [6.07, 6.45) is 3.42. The molecule has 1 aromatic rings. The third kappa shape index (κ3) is 1.52. The van der Waals surface area contributed by atoms with Crippen LogP contribution < -0.4 is 5.32 Å². The first-order chi connectivity index (χ1) is 6.31. The minimum atomic E-state index is 0.983. The maximum atomic E-state index is 3.20. The lowest BCUT2D eigenvalue weighted by Gasteiger charge is -2.05. The molecular weight excluding hydrogens is 158 g/mol. The topological polar surface area (TPSA) is 12.0 Å². The Hall–Kier alpha value is -1.08. The molecule has 0 fully saturated rings. The first-order valence-corrected chi connectivity index (χ1v) is 4.75. The number of benzene rings is 1. The van der Waals surface area contributed by atoms with E-state index in [2.05, 4.69) is 36.5 Å². The molecule has 1 N–H and O–H groups in total. The molecular formula is C12H15N. The van der Waals surface area contributed by atoms with E-state index in [4.69, 9.17) is 0 Å². The molecule has 1 aliphatic carbocycles. The van der Waals surface area contributed by atoms with Gasteiger partial charge < -0.3 is 5.32 Å². The van der Waals surface area contributed by atoms with E-state index in [0.717, 1.165) is 13.0 Å². The van der Waals surface area contributed by atoms with Gasteiger partial charge in [-0.25, -0.2) is 0 Å². The molecule has 0 bridgehead atoms. The monoisotopic (exact) mass is 173 g/mol. The molecule has 13 heavy (non-hydrogen) atoms. The molecule has 0 saturated carbocycles. The van der Waals surface area contributed by atoms with Crippen LogP contribution in [0.25, 0.3) is 5.57 Å². The van der Waals surface area contributed by atoms with Gasteiger partial charge in [0, 0.05) is 6.54 Å². The molecule has 0 aromatic heterocycles. The second-order valence-electron chi connectivity index (χ2n) is 3.62. The Morgan fingerprint density at radius 3 is 3.00 bits per heavy atom. The van der Waals surface area contributed by atoms with Crippen LogP contribution in [0.3, 0.4) is 0 Å². The van der Waals surface area contributed by atoms with Crippen LogP contribution in [0.4, 0.5) is 0 Å². The Morgan fingerprint density at radius 2 is 2.23 bits per heavy atom. The van der Waals surface area contributed by atoms with Crippen LogP contribution in [0.2, 0.25) is 0 Å². The molecule has 1 aliphatic rings. The second kappa shape index (κ2) is 3.35. The minimum absolute atomic E-state index is 0.983. The van der Waals surface area contributed by atoms with E-state index in [-0.39, 0.29) is 0 Å². The number of hydrogen-bond donors (Lipinski definition) is 1. The average Bonchev–Trinajstić information content (AvgIpc) is 2.49. The van der Waals surface area contributed by atoms with Crippen molar-refractivity contribution in [2.75, 3.05) is 13.6 Å². The zero-order valence-electron chi connectivity index (χ0n) is 8.22. The van der Waals surface area contributed by atoms with Gasteiger partial charge in [0.25, 0.3) is 0 Å². The van der Waals surface area contributed by atoms with Gasteiger partial charge in [0.05, 0.1) is 0 Å². The van der Waals surface area contributed by atoms with E-state index in [0.29, 0.717) is 0 Å². The number of aryl methyl sites for hydroxylation is 1. The van der Waals surface area contributed by atoms with Crippen molar-refractivity contribution in [1.29, 1.82) is 0 Å². The predicted octanol–water partition coefficient (Wildman–Crippen LogP) is 2.15. The molecule has 1 nitrogen and oxygen atoms in total. The first-order valence-electron chi connectivity index (χ1n) is 4.75. The Kier molecular flexibility index (Phi) is 2.19. The van der Waals surface area contributed by atoms with Crippen LogP contribution in [0.5, 0.6) is 0 Å². The second-order valence-corrected chi connectivity index (χ2v) is 3.62. The lowest BCUT2D eigenvalue weighted by Crippen LogP contribution is -2.08. The number of allylic oxidation sites excluding steroid dienone is 1. The summed E-state index contributed by atoms with van der Waals surface area (Å²) in [6.45, 7) is 3.13. The van der Waals surface area contributed by atoms with E-state index in [1.807, 2.05) is 7.05 Å². The van der Waals surface area contributed by atoms with Crippen LogP contribution in [-0.4, -0.2) is 13.6 Å². The van der Waals surface area contributed by atoms with Crippen molar-refractivity contribution in [3.05, 3.63) is 41.0 Å². The number of likely N-dealkylation sites (N-methyl/N-ethyl adjacent to an activating group) is 1. The van der Waals surface area contributed by atoms with E-state index in [1.165, 1.54) is 22.3 Å². The maximum absolute atomic E-state index is 3.20. The molecule has 0 unspecified atom stereocenters. The summed E-state index contributed by atoms with van der Waals surface area (Å²) < 4.78 is 0.